The van der Waals surface area contributed by atoms with Crippen LogP contribution >= 0.6 is 0 Å². The van der Waals surface area contributed by atoms with E-state index >= 15 is 0 Å². The predicted octanol–water partition coefficient (Wildman–Crippen LogP) is 1.86. The Hall–Kier alpha value is -1.14. The number of nitrogens with zero attached hydrogens (tertiary/aromatic N) is 3. The fourth-order valence-corrected chi connectivity index (χ4v) is 6.00. The van der Waals surface area contributed by atoms with Crippen molar-refractivity contribution in [1.29, 1.82) is 0 Å². The molecule has 158 valence electrons. The van der Waals surface area contributed by atoms with Crippen LogP contribution in [0.4, 0.5) is 0 Å². The van der Waals surface area contributed by atoms with Gasteiger partial charge in [-0.05, 0) is 44.4 Å². The van der Waals surface area contributed by atoms with Gasteiger partial charge in [0.25, 0.3) is 0 Å². The fraction of sp³-hybridized carbons (Fsp3) is 0.909. The van der Waals surface area contributed by atoms with E-state index < -0.39 is 0 Å². The summed E-state index contributed by atoms with van der Waals surface area (Å²) < 4.78 is 0. The fourth-order valence-electron chi connectivity index (χ4n) is 6.00. The zero-order valence-electron chi connectivity index (χ0n) is 17.3. The monoisotopic (exact) mass is 391 g/mol. The molecule has 0 unspecified atom stereocenters. The van der Waals surface area contributed by atoms with E-state index in [9.17, 15) is 14.7 Å². The van der Waals surface area contributed by atoms with E-state index in [0.717, 1.165) is 65.0 Å². The minimum absolute atomic E-state index is 0.184. The standard InChI is InChI=1S/C22H37N3O3/c26-19-8-12-23(13-14-24-10-3-7-20(24)27)16-22(19)9-4-11-25(17-22)21(28)15-18-5-1-2-6-18/h18-19,26H,1-17H2/t19-,22-/m1/s1. The predicted molar refractivity (Wildman–Crippen MR) is 108 cm³/mol. The lowest BCUT2D eigenvalue weighted by molar-refractivity contribution is -0.142. The lowest BCUT2D eigenvalue weighted by atomic mass is 9.71. The molecule has 1 aliphatic carbocycles. The average molecular weight is 392 g/mol. The van der Waals surface area contributed by atoms with E-state index in [1.807, 2.05) is 4.90 Å². The second kappa shape index (κ2) is 8.70. The number of likely N-dealkylation sites (tertiary alicyclic amines) is 3. The summed E-state index contributed by atoms with van der Waals surface area (Å²) in [5.74, 6) is 1.17. The zero-order chi connectivity index (χ0) is 19.6. The van der Waals surface area contributed by atoms with Gasteiger partial charge in [0.2, 0.25) is 11.8 Å². The molecule has 2 amide bonds. The highest BCUT2D eigenvalue weighted by Crippen LogP contribution is 2.39. The number of hydrogen-bond donors (Lipinski definition) is 1. The quantitative estimate of drug-likeness (QED) is 0.777. The van der Waals surface area contributed by atoms with Crippen molar-refractivity contribution in [2.24, 2.45) is 11.3 Å². The molecule has 1 saturated carbocycles. The Morgan fingerprint density at radius 2 is 1.82 bits per heavy atom. The SMILES string of the molecule is O=C1CCCN1CCN1CC[C@@H](O)[C@]2(CCCN(C(=O)CC3CCCC3)C2)C1. The number of hydrogen-bond acceptors (Lipinski definition) is 4. The van der Waals surface area contributed by atoms with Gasteiger partial charge < -0.3 is 19.8 Å². The van der Waals surface area contributed by atoms with E-state index in [2.05, 4.69) is 9.80 Å². The topological polar surface area (TPSA) is 64.1 Å². The number of aliphatic hydroxyl groups excluding tert-OH is 1. The van der Waals surface area contributed by atoms with Crippen LogP contribution in [0.3, 0.4) is 0 Å². The first-order chi connectivity index (χ1) is 13.6. The molecule has 0 aromatic carbocycles. The number of aliphatic hydroxyl groups is 1. The molecule has 3 heterocycles. The Balaban J connectivity index is 1.34. The van der Waals surface area contributed by atoms with Crippen LogP contribution in [0.2, 0.25) is 0 Å². The highest BCUT2D eigenvalue weighted by atomic mass is 16.3. The van der Waals surface area contributed by atoms with E-state index in [1.165, 1.54) is 25.7 Å². The highest BCUT2D eigenvalue weighted by molar-refractivity contribution is 5.78. The lowest BCUT2D eigenvalue weighted by Gasteiger charge is -2.51. The molecule has 4 fully saturated rings. The molecule has 28 heavy (non-hydrogen) atoms. The molecule has 3 aliphatic heterocycles. The maximum absolute atomic E-state index is 12.9. The number of carbonyl (C=O) groups excluding carboxylic acids is 2. The highest BCUT2D eigenvalue weighted by Gasteiger charge is 2.46. The van der Waals surface area contributed by atoms with E-state index in [1.54, 1.807) is 0 Å². The summed E-state index contributed by atoms with van der Waals surface area (Å²) >= 11 is 0. The van der Waals surface area contributed by atoms with Gasteiger partial charge in [0, 0.05) is 64.1 Å². The van der Waals surface area contributed by atoms with E-state index in [0.29, 0.717) is 31.2 Å². The Bertz CT molecular complexity index is 577. The summed E-state index contributed by atoms with van der Waals surface area (Å²) in [7, 11) is 0. The third-order valence-electron chi connectivity index (χ3n) is 7.72. The van der Waals surface area contributed by atoms with Gasteiger partial charge in [-0.3, -0.25) is 9.59 Å². The molecular formula is C22H37N3O3. The largest absolute Gasteiger partial charge is 0.392 e. The van der Waals surface area contributed by atoms with Crippen molar-refractivity contribution in [2.75, 3.05) is 45.8 Å². The van der Waals surface area contributed by atoms with Gasteiger partial charge in [0.05, 0.1) is 6.10 Å². The van der Waals surface area contributed by atoms with Crippen molar-refractivity contribution in [1.82, 2.24) is 14.7 Å². The van der Waals surface area contributed by atoms with Crippen LogP contribution < -0.4 is 0 Å². The summed E-state index contributed by atoms with van der Waals surface area (Å²) in [5, 5.41) is 10.9. The van der Waals surface area contributed by atoms with Crippen LogP contribution in [0.1, 0.15) is 64.2 Å². The molecule has 6 nitrogen and oxygen atoms in total. The molecule has 3 saturated heterocycles. The average Bonchev–Trinajstić information content (AvgIpc) is 3.35. The van der Waals surface area contributed by atoms with Crippen molar-refractivity contribution in [3.8, 4) is 0 Å². The van der Waals surface area contributed by atoms with E-state index in [-0.39, 0.29) is 17.4 Å². The van der Waals surface area contributed by atoms with Crippen LogP contribution in [0.25, 0.3) is 0 Å². The second-order valence-electron chi connectivity index (χ2n) is 9.70. The molecule has 1 spiro atoms. The first-order valence-corrected chi connectivity index (χ1v) is 11.5. The minimum Gasteiger partial charge on any atom is -0.392 e. The van der Waals surface area contributed by atoms with E-state index in [4.69, 9.17) is 0 Å². The van der Waals surface area contributed by atoms with Crippen LogP contribution in [-0.2, 0) is 9.59 Å². The third-order valence-corrected chi connectivity index (χ3v) is 7.72. The zero-order valence-corrected chi connectivity index (χ0v) is 17.3. The van der Waals surface area contributed by atoms with Gasteiger partial charge in [0.15, 0.2) is 0 Å². The molecule has 2 atom stereocenters. The van der Waals surface area contributed by atoms with Crippen molar-refractivity contribution >= 4 is 11.8 Å². The second-order valence-corrected chi connectivity index (χ2v) is 9.70. The Morgan fingerprint density at radius 1 is 1.00 bits per heavy atom. The summed E-state index contributed by atoms with van der Waals surface area (Å²) in [5.41, 5.74) is -0.184. The molecule has 0 aromatic rings. The summed E-state index contributed by atoms with van der Waals surface area (Å²) in [4.78, 5) is 31.2. The van der Waals surface area contributed by atoms with Gasteiger partial charge in [-0.15, -0.1) is 0 Å². The molecule has 0 radical (unpaired) electrons. The van der Waals surface area contributed by atoms with Crippen molar-refractivity contribution in [2.45, 2.75) is 70.3 Å². The van der Waals surface area contributed by atoms with Crippen LogP contribution in [0.5, 0.6) is 0 Å². The van der Waals surface area contributed by atoms with Crippen LogP contribution in [-0.4, -0.2) is 83.5 Å². The summed E-state index contributed by atoms with van der Waals surface area (Å²) in [6.45, 7) is 5.88. The molecule has 0 bridgehead atoms. The number of rotatable bonds is 5. The van der Waals surface area contributed by atoms with Gasteiger partial charge in [-0.25, -0.2) is 0 Å². The number of piperidine rings is 2. The first-order valence-electron chi connectivity index (χ1n) is 11.5. The molecule has 6 heteroatoms. The Morgan fingerprint density at radius 3 is 2.57 bits per heavy atom. The maximum atomic E-state index is 12.9. The molecular weight excluding hydrogens is 354 g/mol. The molecule has 4 rings (SSSR count). The minimum atomic E-state index is -0.320. The maximum Gasteiger partial charge on any atom is 0.222 e. The van der Waals surface area contributed by atoms with Crippen molar-refractivity contribution in [3.63, 3.8) is 0 Å². The Labute approximate surface area is 169 Å². The summed E-state index contributed by atoms with van der Waals surface area (Å²) in [6, 6.07) is 0. The number of amides is 2. The molecule has 1 N–H and O–H groups in total. The third kappa shape index (κ3) is 4.38. The van der Waals surface area contributed by atoms with Gasteiger partial charge in [-0.1, -0.05) is 12.8 Å². The normalized spacial score (nSPS) is 32.6. The van der Waals surface area contributed by atoms with Gasteiger partial charge in [-0.2, -0.15) is 0 Å². The first kappa shape index (κ1) is 20.1. The van der Waals surface area contributed by atoms with Crippen molar-refractivity contribution in [3.05, 3.63) is 0 Å². The molecule has 0 aromatic heterocycles. The van der Waals surface area contributed by atoms with Crippen molar-refractivity contribution < 1.29 is 14.7 Å². The van der Waals surface area contributed by atoms with Gasteiger partial charge >= 0.3 is 0 Å². The van der Waals surface area contributed by atoms with Gasteiger partial charge in [0.1, 0.15) is 0 Å². The Kier molecular flexibility index (Phi) is 6.26. The lowest BCUT2D eigenvalue weighted by Crippen LogP contribution is -2.60. The summed E-state index contributed by atoms with van der Waals surface area (Å²) in [6.07, 6.45) is 9.79. The number of carbonyl (C=O) groups is 2. The molecule has 4 aliphatic rings. The van der Waals surface area contributed by atoms with Crippen LogP contribution in [0, 0.1) is 11.3 Å². The smallest absolute Gasteiger partial charge is 0.222 e. The van der Waals surface area contributed by atoms with Crippen LogP contribution in [0.15, 0.2) is 0 Å².